The van der Waals surface area contributed by atoms with E-state index in [1.165, 1.54) is 18.2 Å². The number of aromatic nitrogens is 1. The number of nitrogens with zero attached hydrogens (tertiary/aromatic N) is 2. The lowest BCUT2D eigenvalue weighted by Gasteiger charge is -2.32. The number of carbonyl (C=O) groups excluding carboxylic acids is 2. The molecule has 0 aliphatic carbocycles. The quantitative estimate of drug-likeness (QED) is 0.340. The smallest absolute Gasteiger partial charge is 0.335 e. The molecule has 1 aliphatic rings. The van der Waals surface area contributed by atoms with Crippen LogP contribution in [0.25, 0.3) is 11.1 Å². The van der Waals surface area contributed by atoms with E-state index in [4.69, 9.17) is 0 Å². The van der Waals surface area contributed by atoms with Crippen LogP contribution in [-0.2, 0) is 11.3 Å². The van der Waals surface area contributed by atoms with Crippen molar-refractivity contribution < 1.29 is 19.5 Å². The van der Waals surface area contributed by atoms with Gasteiger partial charge in [0.05, 0.1) is 5.56 Å². The van der Waals surface area contributed by atoms with E-state index < -0.39 is 5.97 Å². The van der Waals surface area contributed by atoms with Crippen LogP contribution >= 0.6 is 0 Å². The molecule has 0 radical (unpaired) electrons. The van der Waals surface area contributed by atoms with Crippen molar-refractivity contribution in [3.8, 4) is 11.1 Å². The maximum atomic E-state index is 13.6. The van der Waals surface area contributed by atoms with Gasteiger partial charge in [-0.3, -0.25) is 14.4 Å². The fourth-order valence-electron chi connectivity index (χ4n) is 5.52. The maximum Gasteiger partial charge on any atom is 0.335 e. The molecule has 214 valence electrons. The molecule has 1 atom stereocenters. The van der Waals surface area contributed by atoms with Gasteiger partial charge in [-0.2, -0.15) is 0 Å². The highest BCUT2D eigenvalue weighted by molar-refractivity contribution is 5.99. The van der Waals surface area contributed by atoms with Crippen LogP contribution in [0.5, 0.6) is 0 Å². The number of likely N-dealkylation sites (N-methyl/N-ethyl adjacent to an activating group) is 1. The molecule has 0 saturated carbocycles. The van der Waals surface area contributed by atoms with Gasteiger partial charge in [0.25, 0.3) is 11.5 Å². The first-order valence-corrected chi connectivity index (χ1v) is 13.7. The van der Waals surface area contributed by atoms with Gasteiger partial charge in [0, 0.05) is 54.7 Å². The van der Waals surface area contributed by atoms with Gasteiger partial charge in [-0.1, -0.05) is 18.7 Å². The largest absolute Gasteiger partial charge is 0.478 e. The minimum Gasteiger partial charge on any atom is -0.478 e. The number of pyridine rings is 1. The van der Waals surface area contributed by atoms with Gasteiger partial charge >= 0.3 is 5.97 Å². The number of benzene rings is 2. The predicted octanol–water partition coefficient (Wildman–Crippen LogP) is 4.21. The van der Waals surface area contributed by atoms with Crippen LogP contribution < -0.4 is 15.8 Å². The van der Waals surface area contributed by atoms with Crippen molar-refractivity contribution in [1.82, 2.24) is 15.2 Å². The lowest BCUT2D eigenvalue weighted by atomic mass is 9.95. The molecule has 1 fully saturated rings. The second-order valence-electron chi connectivity index (χ2n) is 10.4. The van der Waals surface area contributed by atoms with E-state index in [0.717, 1.165) is 40.1 Å². The number of nitrogens with one attached hydrogen (secondary N) is 2. The third-order valence-corrected chi connectivity index (χ3v) is 7.75. The van der Waals surface area contributed by atoms with Gasteiger partial charge in [-0.25, -0.2) is 4.79 Å². The van der Waals surface area contributed by atoms with Crippen LogP contribution in [0.3, 0.4) is 0 Å². The van der Waals surface area contributed by atoms with Crippen molar-refractivity contribution in [1.29, 1.82) is 0 Å². The molecule has 0 bridgehead atoms. The molecule has 1 aromatic heterocycles. The molecule has 2 aromatic carbocycles. The number of H-pyrrole nitrogens is 1. The maximum absolute atomic E-state index is 13.6. The molecule has 9 heteroatoms. The van der Waals surface area contributed by atoms with Crippen LogP contribution in [0, 0.1) is 20.8 Å². The minimum absolute atomic E-state index is 0.0527. The molecule has 9 nitrogen and oxygen atoms in total. The van der Waals surface area contributed by atoms with Crippen molar-refractivity contribution in [2.75, 3.05) is 24.5 Å². The lowest BCUT2D eigenvalue weighted by molar-refractivity contribution is -0.125. The van der Waals surface area contributed by atoms with Gasteiger partial charge in [-0.05, 0) is 92.8 Å². The zero-order valence-electron chi connectivity index (χ0n) is 23.9. The van der Waals surface area contributed by atoms with Crippen molar-refractivity contribution >= 4 is 23.5 Å². The average molecular weight is 557 g/mol. The Bertz CT molecular complexity index is 1560. The Balaban J connectivity index is 1.74. The number of hydrogen-bond acceptors (Lipinski definition) is 5. The first kappa shape index (κ1) is 29.3. The number of carboxylic acid groups (broad SMARTS) is 1. The number of aromatic carboxylic acids is 1. The van der Waals surface area contributed by atoms with Crippen LogP contribution in [0.2, 0.25) is 0 Å². The highest BCUT2D eigenvalue weighted by atomic mass is 16.4. The van der Waals surface area contributed by atoms with E-state index in [1.54, 1.807) is 23.1 Å². The molecular weight excluding hydrogens is 520 g/mol. The Hall–Kier alpha value is -4.66. The number of aromatic amines is 1. The summed E-state index contributed by atoms with van der Waals surface area (Å²) >= 11 is 0. The first-order valence-electron chi connectivity index (χ1n) is 13.7. The molecule has 3 aromatic rings. The van der Waals surface area contributed by atoms with Gasteiger partial charge in [0.15, 0.2) is 0 Å². The van der Waals surface area contributed by atoms with E-state index in [1.807, 2.05) is 39.8 Å². The molecule has 1 aliphatic heterocycles. The summed E-state index contributed by atoms with van der Waals surface area (Å²) in [4.78, 5) is 56.6. The second-order valence-corrected chi connectivity index (χ2v) is 10.4. The van der Waals surface area contributed by atoms with Crippen molar-refractivity contribution in [2.24, 2.45) is 0 Å². The van der Waals surface area contributed by atoms with Gasteiger partial charge in [-0.15, -0.1) is 0 Å². The Labute approximate surface area is 239 Å². The summed E-state index contributed by atoms with van der Waals surface area (Å²) < 4.78 is 0. The number of amides is 2. The van der Waals surface area contributed by atoms with Crippen LogP contribution in [-0.4, -0.2) is 58.5 Å². The molecule has 2 amide bonds. The number of aryl methyl sites for hydroxylation is 2. The van der Waals surface area contributed by atoms with E-state index in [-0.39, 0.29) is 35.5 Å². The molecule has 4 rings (SSSR count). The lowest BCUT2D eigenvalue weighted by Crippen LogP contribution is -2.39. The van der Waals surface area contributed by atoms with E-state index in [2.05, 4.69) is 21.8 Å². The number of anilines is 1. The van der Waals surface area contributed by atoms with E-state index in [0.29, 0.717) is 30.8 Å². The van der Waals surface area contributed by atoms with Crippen molar-refractivity contribution in [3.63, 3.8) is 0 Å². The summed E-state index contributed by atoms with van der Waals surface area (Å²) in [5.41, 5.74) is 5.60. The van der Waals surface area contributed by atoms with Gasteiger partial charge < -0.3 is 25.2 Å². The SMILES string of the molecule is C=CC(=O)N1CCC(N(CC)c2cc(-c3ccc(C(=O)O)cc3)cc(C(=O)NCc3c(C)cc(C)[nH]c3=O)c2C)C1. The predicted molar refractivity (Wildman–Crippen MR) is 159 cm³/mol. The highest BCUT2D eigenvalue weighted by Gasteiger charge is 2.31. The molecule has 0 spiro atoms. The third kappa shape index (κ3) is 6.24. The van der Waals surface area contributed by atoms with Gasteiger partial charge in [0.2, 0.25) is 5.91 Å². The minimum atomic E-state index is -1.01. The van der Waals surface area contributed by atoms with Gasteiger partial charge in [0.1, 0.15) is 0 Å². The summed E-state index contributed by atoms with van der Waals surface area (Å²) in [5.74, 6) is -1.44. The number of rotatable bonds is 9. The summed E-state index contributed by atoms with van der Waals surface area (Å²) in [6.07, 6.45) is 2.11. The summed E-state index contributed by atoms with van der Waals surface area (Å²) in [6.45, 7) is 13.1. The topological polar surface area (TPSA) is 123 Å². The Morgan fingerprint density at radius 1 is 1.12 bits per heavy atom. The number of carboxylic acids is 1. The standard InChI is InChI=1S/C32H36N4O5/c1-6-29(37)35-13-12-25(18-35)36(7-2)28-16-24(22-8-10-23(11-9-22)32(40)41)15-26(21(28)5)30(38)33-17-27-19(3)14-20(4)34-31(27)39/h6,8-11,14-16,25H,1,7,12-13,17-18H2,2-5H3,(H,33,38)(H,34,39)(H,40,41). The summed E-state index contributed by atoms with van der Waals surface area (Å²) in [7, 11) is 0. The van der Waals surface area contributed by atoms with Crippen molar-refractivity contribution in [2.45, 2.75) is 46.7 Å². The molecule has 3 N–H and O–H groups in total. The highest BCUT2D eigenvalue weighted by Crippen LogP contribution is 2.34. The molecular formula is C32H36N4O5. The molecule has 2 heterocycles. The molecule has 1 saturated heterocycles. The Morgan fingerprint density at radius 3 is 2.44 bits per heavy atom. The van der Waals surface area contributed by atoms with Crippen molar-refractivity contribution in [3.05, 3.63) is 99.0 Å². The number of hydrogen-bond donors (Lipinski definition) is 3. The Kier molecular flexibility index (Phi) is 8.76. The fraction of sp³-hybridized carbons (Fsp3) is 0.312. The van der Waals surface area contributed by atoms with E-state index >= 15 is 0 Å². The monoisotopic (exact) mass is 556 g/mol. The zero-order valence-corrected chi connectivity index (χ0v) is 23.9. The Morgan fingerprint density at radius 2 is 1.83 bits per heavy atom. The third-order valence-electron chi connectivity index (χ3n) is 7.75. The first-order chi connectivity index (χ1) is 19.5. The van der Waals surface area contributed by atoms with Crippen LogP contribution in [0.4, 0.5) is 5.69 Å². The molecule has 41 heavy (non-hydrogen) atoms. The average Bonchev–Trinajstić information content (AvgIpc) is 3.43. The number of carbonyl (C=O) groups is 3. The summed E-state index contributed by atoms with van der Waals surface area (Å²) in [6, 6.07) is 12.3. The van der Waals surface area contributed by atoms with Crippen LogP contribution in [0.15, 0.2) is 59.9 Å². The number of likely N-dealkylation sites (tertiary alicyclic amines) is 1. The van der Waals surface area contributed by atoms with Crippen LogP contribution in [0.1, 0.15) is 56.4 Å². The summed E-state index contributed by atoms with van der Waals surface area (Å²) in [5, 5.41) is 12.3. The second kappa shape index (κ2) is 12.2. The van der Waals surface area contributed by atoms with E-state index in [9.17, 15) is 24.3 Å². The molecule has 1 unspecified atom stereocenters. The fourth-order valence-corrected chi connectivity index (χ4v) is 5.52. The normalized spacial score (nSPS) is 14.5. The zero-order chi connectivity index (χ0) is 29.8.